The summed E-state index contributed by atoms with van der Waals surface area (Å²) in [5, 5.41) is 0. The summed E-state index contributed by atoms with van der Waals surface area (Å²) in [5.41, 5.74) is 0.500. The molecule has 2 heterocycles. The lowest BCUT2D eigenvalue weighted by Gasteiger charge is -2.37. The lowest BCUT2D eigenvalue weighted by atomic mass is 9.77. The molecule has 1 aromatic rings. The van der Waals surface area contributed by atoms with Crippen molar-refractivity contribution in [3.05, 3.63) is 35.4 Å². The molecule has 2 fully saturated rings. The Morgan fingerprint density at radius 1 is 1.44 bits per heavy atom. The third-order valence-corrected chi connectivity index (χ3v) is 5.68. The van der Waals surface area contributed by atoms with Crippen molar-refractivity contribution in [1.82, 2.24) is 4.90 Å². The summed E-state index contributed by atoms with van der Waals surface area (Å²) in [4.78, 5) is 28.2. The Labute approximate surface area is 155 Å². The van der Waals surface area contributed by atoms with Crippen LogP contribution >= 0.6 is 11.9 Å². The number of nitrogens with zero attached hydrogens (tertiary/aromatic N) is 1. The number of carbonyl (C=O) groups is 2. The monoisotopic (exact) mass is 362 g/mol. The van der Waals surface area contributed by atoms with E-state index < -0.39 is 11.4 Å². The highest BCUT2D eigenvalue weighted by molar-refractivity contribution is 8.15. The average molecular weight is 362 g/mol. The van der Waals surface area contributed by atoms with Crippen molar-refractivity contribution in [2.75, 3.05) is 13.7 Å². The first-order chi connectivity index (χ1) is 12.5. The lowest BCUT2D eigenvalue weighted by molar-refractivity contribution is -0.154. The molecule has 2 saturated heterocycles. The van der Waals surface area contributed by atoms with E-state index in [-0.39, 0.29) is 18.0 Å². The van der Waals surface area contributed by atoms with Gasteiger partial charge in [0.2, 0.25) is 13.0 Å². The number of piperidine rings is 1. The van der Waals surface area contributed by atoms with Crippen LogP contribution in [0.15, 0.2) is 24.3 Å². The molecule has 7 heteroatoms. The first kappa shape index (κ1) is 17.0. The molecule has 133 valence electrons. The van der Waals surface area contributed by atoms with Gasteiger partial charge in [0.15, 0.2) is 5.41 Å². The van der Waals surface area contributed by atoms with Crippen LogP contribution in [0, 0.1) is 6.92 Å². The highest BCUT2D eigenvalue weighted by Crippen LogP contribution is 2.45. The van der Waals surface area contributed by atoms with Crippen molar-refractivity contribution in [1.29, 1.82) is 1.34 Å². The minimum Gasteiger partial charge on any atom is -0.468 e. The summed E-state index contributed by atoms with van der Waals surface area (Å²) in [6.45, 7) is 2.33. The molecule has 1 aromatic carbocycles. The van der Waals surface area contributed by atoms with Gasteiger partial charge >= 0.3 is 5.97 Å². The van der Waals surface area contributed by atoms with Gasteiger partial charge in [-0.1, -0.05) is 41.7 Å². The molecule has 0 N–H and O–H groups in total. The SMILES string of the molecule is [3H][B]SOC[C@H]1CCC[C@@H]2C[C@@](C(=O)OC)(c3ccc(C)cc3)C(=O)N12. The third kappa shape index (κ3) is 3.08. The summed E-state index contributed by atoms with van der Waals surface area (Å²) in [6.07, 6.45) is 3.15. The molecule has 2 aliphatic heterocycles. The van der Waals surface area contributed by atoms with Gasteiger partial charge in [0, 0.05) is 6.04 Å². The van der Waals surface area contributed by atoms with Crippen LogP contribution < -0.4 is 0 Å². The minimum atomic E-state index is -1.27. The summed E-state index contributed by atoms with van der Waals surface area (Å²) in [5.74, 6) is -0.680. The van der Waals surface area contributed by atoms with E-state index in [1.165, 1.54) is 7.11 Å². The number of hydrogen-bond donors (Lipinski definition) is 0. The van der Waals surface area contributed by atoms with Gasteiger partial charge in [-0.05, 0) is 39.5 Å². The molecule has 0 saturated carbocycles. The van der Waals surface area contributed by atoms with E-state index in [0.717, 1.165) is 43.8 Å². The number of methoxy groups -OCH3 is 1. The number of hydrogen-bond acceptors (Lipinski definition) is 5. The molecular weight excluding hydrogens is 337 g/mol. The Hall–Kier alpha value is -1.47. The van der Waals surface area contributed by atoms with Crippen molar-refractivity contribution in [3.63, 3.8) is 0 Å². The number of amides is 1. The van der Waals surface area contributed by atoms with E-state index >= 15 is 0 Å². The van der Waals surface area contributed by atoms with Gasteiger partial charge in [0.1, 0.15) is 0 Å². The molecule has 2 aliphatic rings. The molecular formula is C18H23BNO4S. The number of fused-ring (bicyclic) bond motifs is 1. The normalized spacial score (nSPS) is 29.1. The van der Waals surface area contributed by atoms with Gasteiger partial charge < -0.3 is 13.8 Å². The molecule has 3 atom stereocenters. The molecule has 25 heavy (non-hydrogen) atoms. The first-order valence-corrected chi connectivity index (χ1v) is 9.31. The summed E-state index contributed by atoms with van der Waals surface area (Å²) in [6, 6.07) is 7.50. The third-order valence-electron chi connectivity index (χ3n) is 5.41. The fourth-order valence-corrected chi connectivity index (χ4v) is 4.42. The van der Waals surface area contributed by atoms with Gasteiger partial charge in [-0.2, -0.15) is 0 Å². The van der Waals surface area contributed by atoms with E-state index in [2.05, 4.69) is 0 Å². The zero-order valence-corrected chi connectivity index (χ0v) is 15.4. The fraction of sp³-hybridized carbons (Fsp3) is 0.556. The Morgan fingerprint density at radius 2 is 2.20 bits per heavy atom. The standard InChI is InChI=1S/C18H23BNO4S/c1-12-6-8-13(9-7-12)18(17(22)23-2)10-14-4-3-5-15(11-24-25-19)20(14)16(18)21/h6-9,14-15,19H,3-5,10-11H2,1-2H3/t14-,15-,18-/m1/s1/i19T. The number of aryl methyl sites for hydroxylation is 1. The molecule has 0 unspecified atom stereocenters. The van der Waals surface area contributed by atoms with Crippen LogP contribution in [-0.2, 0) is 23.9 Å². The molecule has 0 spiro atoms. The topological polar surface area (TPSA) is 55.8 Å². The lowest BCUT2D eigenvalue weighted by Crippen LogP contribution is -2.51. The Morgan fingerprint density at radius 3 is 2.88 bits per heavy atom. The fourth-order valence-electron chi connectivity index (χ4n) is 4.18. The average Bonchev–Trinajstić information content (AvgIpc) is 2.96. The van der Waals surface area contributed by atoms with Crippen LogP contribution in [0.3, 0.4) is 0 Å². The summed E-state index contributed by atoms with van der Waals surface area (Å²) < 4.78 is 17.6. The highest BCUT2D eigenvalue weighted by Gasteiger charge is 2.60. The number of rotatable bonds is 6. The predicted octanol–water partition coefficient (Wildman–Crippen LogP) is 2.04. The first-order valence-electron chi connectivity index (χ1n) is 9.09. The van der Waals surface area contributed by atoms with E-state index in [0.29, 0.717) is 18.6 Å². The van der Waals surface area contributed by atoms with Crippen LogP contribution in [0.25, 0.3) is 0 Å². The Bertz CT molecular complexity index is 674. The molecule has 1 radical (unpaired) electrons. The second-order valence-corrected chi connectivity index (χ2v) is 7.23. The van der Waals surface area contributed by atoms with E-state index in [1.54, 1.807) is 0 Å². The molecule has 0 bridgehead atoms. The number of benzene rings is 1. The maximum absolute atomic E-state index is 13.5. The van der Waals surface area contributed by atoms with Gasteiger partial charge in [0.25, 0.3) is 0 Å². The second-order valence-electron chi connectivity index (χ2n) is 6.80. The van der Waals surface area contributed by atoms with Crippen molar-refractivity contribution >= 4 is 30.9 Å². The minimum absolute atomic E-state index is 0.00948. The molecule has 5 nitrogen and oxygen atoms in total. The van der Waals surface area contributed by atoms with E-state index in [1.807, 2.05) is 36.1 Å². The molecule has 0 aromatic heterocycles. The molecule has 3 rings (SSSR count). The smallest absolute Gasteiger partial charge is 0.326 e. The summed E-state index contributed by atoms with van der Waals surface area (Å²) >= 11 is 0.958. The summed E-state index contributed by atoms with van der Waals surface area (Å²) in [7, 11) is 2.46. The zero-order valence-electron chi connectivity index (χ0n) is 15.6. The quantitative estimate of drug-likeness (QED) is 0.255. The van der Waals surface area contributed by atoms with Crippen LogP contribution in [-0.4, -0.2) is 51.0 Å². The van der Waals surface area contributed by atoms with Gasteiger partial charge in [0.05, 0.1) is 19.8 Å². The maximum atomic E-state index is 13.5. The van der Waals surface area contributed by atoms with E-state index in [9.17, 15) is 9.59 Å². The number of esters is 1. The molecule has 0 aliphatic carbocycles. The number of carbonyl (C=O) groups excluding carboxylic acids is 2. The van der Waals surface area contributed by atoms with Gasteiger partial charge in [-0.3, -0.25) is 9.59 Å². The van der Waals surface area contributed by atoms with Crippen molar-refractivity contribution < 1.29 is 18.5 Å². The van der Waals surface area contributed by atoms with Crippen molar-refractivity contribution in [2.45, 2.75) is 50.1 Å². The number of ether oxygens (including phenoxy) is 1. The zero-order chi connectivity index (χ0) is 18.7. The van der Waals surface area contributed by atoms with Crippen LogP contribution in [0.5, 0.6) is 0 Å². The van der Waals surface area contributed by atoms with Crippen LogP contribution in [0.4, 0.5) is 0 Å². The largest absolute Gasteiger partial charge is 0.468 e. The highest BCUT2D eigenvalue weighted by atomic mass is 32.2. The van der Waals surface area contributed by atoms with Crippen molar-refractivity contribution in [2.24, 2.45) is 0 Å². The van der Waals surface area contributed by atoms with E-state index in [4.69, 9.17) is 10.3 Å². The van der Waals surface area contributed by atoms with Gasteiger partial charge in [-0.15, -0.1) is 0 Å². The Balaban J connectivity index is 1.95. The van der Waals surface area contributed by atoms with Crippen LogP contribution in [0.2, 0.25) is 0 Å². The van der Waals surface area contributed by atoms with Crippen molar-refractivity contribution in [3.8, 4) is 0 Å². The van der Waals surface area contributed by atoms with Crippen LogP contribution in [0.1, 0.15) is 36.8 Å². The predicted molar refractivity (Wildman–Crippen MR) is 98.5 cm³/mol. The second kappa shape index (κ2) is 7.42. The Kier molecular flexibility index (Phi) is 5.04. The van der Waals surface area contributed by atoms with Gasteiger partial charge in [-0.25, -0.2) is 0 Å². The maximum Gasteiger partial charge on any atom is 0.326 e. The molecule has 1 amide bonds.